The van der Waals surface area contributed by atoms with Gasteiger partial charge in [-0.05, 0) is 38.9 Å². The Kier molecular flexibility index (Phi) is 6.82. The van der Waals surface area contributed by atoms with Crippen molar-refractivity contribution in [3.8, 4) is 11.5 Å². The standard InChI is InChI=1S/C16H27NO3/c1-5-10-17-16(3,12-18)11-13(2)20-15-9-7-6-8-14(15)19-4/h6-9,13,17-18H,5,10-12H2,1-4H3. The minimum Gasteiger partial charge on any atom is -0.493 e. The van der Waals surface area contributed by atoms with E-state index in [1.165, 1.54) is 0 Å². The summed E-state index contributed by atoms with van der Waals surface area (Å²) in [5.41, 5.74) is -0.322. The number of para-hydroxylation sites is 2. The third-order valence-corrected chi connectivity index (χ3v) is 3.29. The van der Waals surface area contributed by atoms with Crippen molar-refractivity contribution in [2.75, 3.05) is 20.3 Å². The van der Waals surface area contributed by atoms with Crippen LogP contribution in [-0.2, 0) is 0 Å². The fourth-order valence-electron chi connectivity index (χ4n) is 2.23. The Labute approximate surface area is 122 Å². The predicted octanol–water partition coefficient (Wildman–Crippen LogP) is 2.60. The Morgan fingerprint density at radius 3 is 2.50 bits per heavy atom. The maximum absolute atomic E-state index is 9.58. The van der Waals surface area contributed by atoms with Crippen LogP contribution in [0, 0.1) is 0 Å². The van der Waals surface area contributed by atoms with Gasteiger partial charge in [0.15, 0.2) is 11.5 Å². The number of methoxy groups -OCH3 is 1. The summed E-state index contributed by atoms with van der Waals surface area (Å²) >= 11 is 0. The molecule has 1 rings (SSSR count). The van der Waals surface area contributed by atoms with Gasteiger partial charge < -0.3 is 19.9 Å². The molecule has 4 heteroatoms. The first kappa shape index (κ1) is 16.8. The van der Waals surface area contributed by atoms with Crippen LogP contribution in [0.15, 0.2) is 24.3 Å². The lowest BCUT2D eigenvalue weighted by Gasteiger charge is -2.32. The molecule has 1 aromatic rings. The number of nitrogens with one attached hydrogen (secondary N) is 1. The third kappa shape index (κ3) is 5.02. The summed E-state index contributed by atoms with van der Waals surface area (Å²) in [6, 6.07) is 7.61. The third-order valence-electron chi connectivity index (χ3n) is 3.29. The van der Waals surface area contributed by atoms with Crippen LogP contribution in [-0.4, -0.2) is 37.0 Å². The van der Waals surface area contributed by atoms with E-state index in [1.54, 1.807) is 7.11 Å². The molecule has 0 amide bonds. The molecule has 1 aromatic carbocycles. The number of ether oxygens (including phenoxy) is 2. The lowest BCUT2D eigenvalue weighted by atomic mass is 9.95. The highest BCUT2D eigenvalue weighted by Crippen LogP contribution is 2.28. The highest BCUT2D eigenvalue weighted by Gasteiger charge is 2.26. The molecule has 2 N–H and O–H groups in total. The molecule has 2 atom stereocenters. The summed E-state index contributed by atoms with van der Waals surface area (Å²) in [4.78, 5) is 0. The van der Waals surface area contributed by atoms with Gasteiger partial charge in [-0.2, -0.15) is 0 Å². The Morgan fingerprint density at radius 2 is 1.95 bits per heavy atom. The topological polar surface area (TPSA) is 50.7 Å². The van der Waals surface area contributed by atoms with Crippen LogP contribution in [0.1, 0.15) is 33.6 Å². The molecular weight excluding hydrogens is 254 g/mol. The van der Waals surface area contributed by atoms with Crippen molar-refractivity contribution in [1.29, 1.82) is 0 Å². The second-order valence-corrected chi connectivity index (χ2v) is 5.43. The molecule has 0 aromatic heterocycles. The fraction of sp³-hybridized carbons (Fsp3) is 0.625. The Morgan fingerprint density at radius 1 is 1.30 bits per heavy atom. The second kappa shape index (κ2) is 8.12. The van der Waals surface area contributed by atoms with Gasteiger partial charge in [0.1, 0.15) is 0 Å². The average molecular weight is 281 g/mol. The number of aliphatic hydroxyl groups excluding tert-OH is 1. The quantitative estimate of drug-likeness (QED) is 0.730. The smallest absolute Gasteiger partial charge is 0.161 e. The van der Waals surface area contributed by atoms with Crippen LogP contribution >= 0.6 is 0 Å². The van der Waals surface area contributed by atoms with Gasteiger partial charge in [-0.15, -0.1) is 0 Å². The molecule has 2 unspecified atom stereocenters. The van der Waals surface area contributed by atoms with Crippen LogP contribution in [0.4, 0.5) is 0 Å². The number of aliphatic hydroxyl groups is 1. The Hall–Kier alpha value is -1.26. The monoisotopic (exact) mass is 281 g/mol. The van der Waals surface area contributed by atoms with E-state index in [1.807, 2.05) is 38.1 Å². The predicted molar refractivity (Wildman–Crippen MR) is 81.5 cm³/mol. The van der Waals surface area contributed by atoms with Gasteiger partial charge in [0, 0.05) is 12.0 Å². The molecule has 0 fully saturated rings. The number of hydrogen-bond donors (Lipinski definition) is 2. The van der Waals surface area contributed by atoms with E-state index in [9.17, 15) is 5.11 Å². The molecule has 0 bridgehead atoms. The zero-order valence-electron chi connectivity index (χ0n) is 13.0. The van der Waals surface area contributed by atoms with Gasteiger partial charge in [-0.25, -0.2) is 0 Å². The van der Waals surface area contributed by atoms with Gasteiger partial charge in [0.25, 0.3) is 0 Å². The van der Waals surface area contributed by atoms with E-state index in [0.717, 1.165) is 30.9 Å². The minimum absolute atomic E-state index is 0.0205. The van der Waals surface area contributed by atoms with E-state index in [0.29, 0.717) is 0 Å². The highest BCUT2D eigenvalue weighted by atomic mass is 16.5. The zero-order chi connectivity index (χ0) is 15.0. The van der Waals surface area contributed by atoms with Crippen molar-refractivity contribution in [3.63, 3.8) is 0 Å². The summed E-state index contributed by atoms with van der Waals surface area (Å²) in [6.45, 7) is 7.11. The molecular formula is C16H27NO3. The second-order valence-electron chi connectivity index (χ2n) is 5.43. The van der Waals surface area contributed by atoms with E-state index in [-0.39, 0.29) is 18.2 Å². The molecule has 0 heterocycles. The molecule has 4 nitrogen and oxygen atoms in total. The molecule has 0 saturated heterocycles. The van der Waals surface area contributed by atoms with Crippen LogP contribution in [0.3, 0.4) is 0 Å². The normalized spacial score (nSPS) is 15.4. The number of hydrogen-bond acceptors (Lipinski definition) is 4. The first-order chi connectivity index (χ1) is 9.54. The van der Waals surface area contributed by atoms with Gasteiger partial charge in [-0.3, -0.25) is 0 Å². The van der Waals surface area contributed by atoms with Gasteiger partial charge in [0.2, 0.25) is 0 Å². The molecule has 0 radical (unpaired) electrons. The molecule has 0 aliphatic carbocycles. The van der Waals surface area contributed by atoms with Gasteiger partial charge >= 0.3 is 0 Å². The summed E-state index contributed by atoms with van der Waals surface area (Å²) in [5, 5.41) is 13.0. The van der Waals surface area contributed by atoms with E-state index >= 15 is 0 Å². The zero-order valence-corrected chi connectivity index (χ0v) is 13.0. The molecule has 114 valence electrons. The van der Waals surface area contributed by atoms with Crippen molar-refractivity contribution in [3.05, 3.63) is 24.3 Å². The highest BCUT2D eigenvalue weighted by molar-refractivity contribution is 5.39. The van der Waals surface area contributed by atoms with E-state index in [4.69, 9.17) is 9.47 Å². The number of benzene rings is 1. The molecule has 0 aliphatic heterocycles. The van der Waals surface area contributed by atoms with Crippen LogP contribution in [0.2, 0.25) is 0 Å². The summed E-state index contributed by atoms with van der Waals surface area (Å²) in [7, 11) is 1.63. The SMILES string of the molecule is CCCNC(C)(CO)CC(C)Oc1ccccc1OC. The van der Waals surface area contributed by atoms with Crippen molar-refractivity contribution < 1.29 is 14.6 Å². The molecule has 0 aliphatic rings. The summed E-state index contributed by atoms with van der Waals surface area (Å²) in [5.74, 6) is 1.46. The largest absolute Gasteiger partial charge is 0.493 e. The Balaban J connectivity index is 2.63. The van der Waals surface area contributed by atoms with Crippen LogP contribution < -0.4 is 14.8 Å². The average Bonchev–Trinajstić information content (AvgIpc) is 2.45. The Bertz CT molecular complexity index is 397. The fourth-order valence-corrected chi connectivity index (χ4v) is 2.23. The summed E-state index contributed by atoms with van der Waals surface area (Å²) < 4.78 is 11.2. The van der Waals surface area contributed by atoms with Crippen molar-refractivity contribution in [1.82, 2.24) is 5.32 Å². The summed E-state index contributed by atoms with van der Waals surface area (Å²) in [6.07, 6.45) is 1.74. The first-order valence-corrected chi connectivity index (χ1v) is 7.20. The first-order valence-electron chi connectivity index (χ1n) is 7.20. The molecule has 0 saturated carbocycles. The van der Waals surface area contributed by atoms with Crippen LogP contribution in [0.25, 0.3) is 0 Å². The molecule has 0 spiro atoms. The molecule has 20 heavy (non-hydrogen) atoms. The minimum atomic E-state index is -0.322. The maximum atomic E-state index is 9.58. The lowest BCUT2D eigenvalue weighted by Crippen LogP contribution is -2.48. The van der Waals surface area contributed by atoms with Gasteiger partial charge in [0.05, 0.1) is 19.8 Å². The van der Waals surface area contributed by atoms with Crippen LogP contribution in [0.5, 0.6) is 11.5 Å². The van der Waals surface area contributed by atoms with Gasteiger partial charge in [-0.1, -0.05) is 19.1 Å². The lowest BCUT2D eigenvalue weighted by molar-refractivity contribution is 0.108. The van der Waals surface area contributed by atoms with E-state index in [2.05, 4.69) is 12.2 Å². The number of rotatable bonds is 9. The van der Waals surface area contributed by atoms with Crippen molar-refractivity contribution in [2.45, 2.75) is 45.3 Å². The van der Waals surface area contributed by atoms with Crippen molar-refractivity contribution >= 4 is 0 Å². The van der Waals surface area contributed by atoms with E-state index < -0.39 is 0 Å². The van der Waals surface area contributed by atoms with Crippen molar-refractivity contribution in [2.24, 2.45) is 0 Å². The maximum Gasteiger partial charge on any atom is 0.161 e.